The van der Waals surface area contributed by atoms with Crippen LogP contribution in [0.5, 0.6) is 0 Å². The quantitative estimate of drug-likeness (QED) is 0.513. The van der Waals surface area contributed by atoms with E-state index in [0.717, 1.165) is 6.07 Å². The summed E-state index contributed by atoms with van der Waals surface area (Å²) < 4.78 is 0. The Hall–Kier alpha value is -2.22. The van der Waals surface area contributed by atoms with E-state index < -0.39 is 21.2 Å². The first-order chi connectivity index (χ1) is 8.04. The molecule has 0 bridgehead atoms. The van der Waals surface area contributed by atoms with Crippen molar-refractivity contribution in [1.29, 1.82) is 0 Å². The monoisotopic (exact) mass is 256 g/mol. The zero-order valence-electron chi connectivity index (χ0n) is 8.21. The third kappa shape index (κ3) is 1.78. The average Bonchev–Trinajstić information content (AvgIpc) is 2.69. The summed E-state index contributed by atoms with van der Waals surface area (Å²) in [5.74, 6) is 0.366. The van der Waals surface area contributed by atoms with Crippen LogP contribution in [0.2, 0.25) is 0 Å². The number of H-pyrrole nitrogens is 1. The van der Waals surface area contributed by atoms with Crippen LogP contribution in [0.1, 0.15) is 5.82 Å². The number of benzene rings is 1. The van der Waals surface area contributed by atoms with Gasteiger partial charge in [-0.3, -0.25) is 20.2 Å². The van der Waals surface area contributed by atoms with Crippen molar-refractivity contribution in [1.82, 2.24) is 9.97 Å². The Bertz CT molecular complexity index is 623. The number of aromatic nitrogens is 2. The summed E-state index contributed by atoms with van der Waals surface area (Å²) in [6, 6.07) is 2.40. The van der Waals surface area contributed by atoms with Crippen LogP contribution in [0.4, 0.5) is 11.4 Å². The Balaban J connectivity index is 2.83. The minimum Gasteiger partial charge on any atom is -0.335 e. The van der Waals surface area contributed by atoms with E-state index >= 15 is 0 Å². The molecule has 0 saturated carbocycles. The van der Waals surface area contributed by atoms with E-state index in [0.29, 0.717) is 5.82 Å². The molecule has 0 fully saturated rings. The summed E-state index contributed by atoms with van der Waals surface area (Å²) >= 11 is 5.54. The second-order valence-electron chi connectivity index (χ2n) is 3.16. The number of alkyl halides is 1. The van der Waals surface area contributed by atoms with Crippen molar-refractivity contribution in [2.24, 2.45) is 0 Å². The van der Waals surface area contributed by atoms with Gasteiger partial charge in [-0.15, -0.1) is 11.6 Å². The molecule has 2 rings (SSSR count). The molecule has 0 aliphatic carbocycles. The lowest BCUT2D eigenvalue weighted by Crippen LogP contribution is -1.97. The average molecular weight is 257 g/mol. The number of hydrogen-bond donors (Lipinski definition) is 1. The molecule has 0 amide bonds. The Morgan fingerprint density at radius 1 is 1.29 bits per heavy atom. The van der Waals surface area contributed by atoms with Gasteiger partial charge in [-0.2, -0.15) is 0 Å². The lowest BCUT2D eigenvalue weighted by Gasteiger charge is -1.95. The molecule has 1 aromatic heterocycles. The molecule has 0 radical (unpaired) electrons. The van der Waals surface area contributed by atoms with Crippen molar-refractivity contribution >= 4 is 34.0 Å². The molecule has 9 heteroatoms. The third-order valence-corrected chi connectivity index (χ3v) is 2.42. The van der Waals surface area contributed by atoms with Gasteiger partial charge in [0.25, 0.3) is 0 Å². The Morgan fingerprint density at radius 2 is 2.00 bits per heavy atom. The van der Waals surface area contributed by atoms with Gasteiger partial charge in [0.2, 0.25) is 0 Å². The first-order valence-electron chi connectivity index (χ1n) is 4.41. The van der Waals surface area contributed by atoms with E-state index in [4.69, 9.17) is 11.6 Å². The van der Waals surface area contributed by atoms with Gasteiger partial charge in [-0.25, -0.2) is 4.98 Å². The number of fused-ring (bicyclic) bond motifs is 1. The van der Waals surface area contributed by atoms with Crippen LogP contribution in [-0.2, 0) is 5.88 Å². The number of nitro benzene ring substituents is 2. The van der Waals surface area contributed by atoms with Crippen LogP contribution < -0.4 is 0 Å². The van der Waals surface area contributed by atoms with Gasteiger partial charge in [0.05, 0.1) is 21.2 Å². The smallest absolute Gasteiger partial charge is 0.335 e. The number of hydrogen-bond acceptors (Lipinski definition) is 5. The summed E-state index contributed by atoms with van der Waals surface area (Å²) in [7, 11) is 0. The van der Waals surface area contributed by atoms with Gasteiger partial charge in [-0.05, 0) is 6.07 Å². The highest BCUT2D eigenvalue weighted by Gasteiger charge is 2.29. The largest absolute Gasteiger partial charge is 0.371 e. The van der Waals surface area contributed by atoms with Crippen molar-refractivity contribution < 1.29 is 9.85 Å². The topological polar surface area (TPSA) is 115 Å². The number of rotatable bonds is 3. The second kappa shape index (κ2) is 3.98. The number of nitro groups is 2. The summed E-state index contributed by atoms with van der Waals surface area (Å²) in [4.78, 5) is 26.5. The van der Waals surface area contributed by atoms with Gasteiger partial charge in [0.1, 0.15) is 5.82 Å². The van der Waals surface area contributed by atoms with Crippen LogP contribution in [0.25, 0.3) is 11.0 Å². The fourth-order valence-electron chi connectivity index (χ4n) is 1.50. The second-order valence-corrected chi connectivity index (χ2v) is 3.43. The Morgan fingerprint density at radius 3 is 2.53 bits per heavy atom. The van der Waals surface area contributed by atoms with E-state index in [1.54, 1.807) is 0 Å². The van der Waals surface area contributed by atoms with Gasteiger partial charge in [-0.1, -0.05) is 0 Å². The predicted octanol–water partition coefficient (Wildman–Crippen LogP) is 2.12. The molecule has 2 aromatic rings. The van der Waals surface area contributed by atoms with Crippen LogP contribution >= 0.6 is 11.6 Å². The fraction of sp³-hybridized carbons (Fsp3) is 0.125. The Kier molecular flexibility index (Phi) is 2.64. The molecular weight excluding hydrogens is 252 g/mol. The SMILES string of the molecule is O=[N+]([O-])c1ccc2nc(CCl)[nH]c2c1[N+](=O)[O-]. The molecule has 1 aromatic carbocycles. The third-order valence-electron chi connectivity index (χ3n) is 2.17. The highest BCUT2D eigenvalue weighted by molar-refractivity contribution is 6.16. The molecule has 0 aliphatic heterocycles. The zero-order valence-corrected chi connectivity index (χ0v) is 8.97. The van der Waals surface area contributed by atoms with Gasteiger partial charge in [0.15, 0.2) is 5.52 Å². The molecule has 17 heavy (non-hydrogen) atoms. The molecule has 0 aliphatic rings. The molecule has 0 spiro atoms. The van der Waals surface area contributed by atoms with Crippen LogP contribution in [0, 0.1) is 20.2 Å². The van der Waals surface area contributed by atoms with E-state index in [1.165, 1.54) is 6.07 Å². The number of aromatic amines is 1. The highest BCUT2D eigenvalue weighted by atomic mass is 35.5. The number of nitrogens with one attached hydrogen (secondary N) is 1. The van der Waals surface area contributed by atoms with Crippen LogP contribution in [0.15, 0.2) is 12.1 Å². The predicted molar refractivity (Wildman–Crippen MR) is 59.0 cm³/mol. The zero-order chi connectivity index (χ0) is 12.6. The molecular formula is C8H5ClN4O4. The molecule has 0 saturated heterocycles. The molecule has 1 heterocycles. The number of imidazole rings is 1. The highest BCUT2D eigenvalue weighted by Crippen LogP contribution is 2.33. The Labute approximate surface area is 98.5 Å². The van der Waals surface area contributed by atoms with Gasteiger partial charge >= 0.3 is 11.4 Å². The van der Waals surface area contributed by atoms with E-state index in [9.17, 15) is 20.2 Å². The van der Waals surface area contributed by atoms with Crippen molar-refractivity contribution in [3.05, 3.63) is 38.2 Å². The molecule has 0 atom stereocenters. The number of halogens is 1. The maximum atomic E-state index is 10.9. The van der Waals surface area contributed by atoms with E-state index in [1.807, 2.05) is 0 Å². The first kappa shape index (κ1) is 11.3. The fourth-order valence-corrected chi connectivity index (χ4v) is 1.63. The van der Waals surface area contributed by atoms with E-state index in [-0.39, 0.29) is 16.9 Å². The van der Waals surface area contributed by atoms with Crippen LogP contribution in [-0.4, -0.2) is 19.8 Å². The molecule has 1 N–H and O–H groups in total. The summed E-state index contributed by atoms with van der Waals surface area (Å²) in [5.41, 5.74) is -0.888. The van der Waals surface area contributed by atoms with Gasteiger partial charge < -0.3 is 4.98 Å². The molecule has 0 unspecified atom stereocenters. The summed E-state index contributed by atoms with van der Waals surface area (Å²) in [5, 5.41) is 21.5. The lowest BCUT2D eigenvalue weighted by atomic mass is 10.2. The minimum absolute atomic E-state index is 0.0138. The van der Waals surface area contributed by atoms with Crippen LogP contribution in [0.3, 0.4) is 0 Å². The first-order valence-corrected chi connectivity index (χ1v) is 4.94. The van der Waals surface area contributed by atoms with E-state index in [2.05, 4.69) is 9.97 Å². The summed E-state index contributed by atoms with van der Waals surface area (Å²) in [6.45, 7) is 0. The maximum absolute atomic E-state index is 10.9. The van der Waals surface area contributed by atoms with Gasteiger partial charge in [0, 0.05) is 6.07 Å². The molecule has 88 valence electrons. The number of nitrogens with zero attached hydrogens (tertiary/aromatic N) is 3. The van der Waals surface area contributed by atoms with Crippen molar-refractivity contribution in [2.75, 3.05) is 0 Å². The normalized spacial score (nSPS) is 10.6. The summed E-state index contributed by atoms with van der Waals surface area (Å²) in [6.07, 6.45) is 0. The van der Waals surface area contributed by atoms with Crippen molar-refractivity contribution in [3.8, 4) is 0 Å². The lowest BCUT2D eigenvalue weighted by molar-refractivity contribution is -0.421. The maximum Gasteiger partial charge on any atom is 0.371 e. The van der Waals surface area contributed by atoms with Crippen molar-refractivity contribution in [2.45, 2.75) is 5.88 Å². The standard InChI is InChI=1S/C8H5ClN4O4/c9-3-6-10-4-1-2-5(12(14)15)8(13(16)17)7(4)11-6/h1-2H,3H2,(H,10,11). The minimum atomic E-state index is -0.809. The van der Waals surface area contributed by atoms with Crippen molar-refractivity contribution in [3.63, 3.8) is 0 Å². The molecule has 8 nitrogen and oxygen atoms in total.